The van der Waals surface area contributed by atoms with Crippen LogP contribution in [0.4, 0.5) is 0 Å². The molecule has 2 heterocycles. The third kappa shape index (κ3) is 2.00. The number of nitrogens with zero attached hydrogens (tertiary/aromatic N) is 1. The van der Waals surface area contributed by atoms with Crippen LogP contribution in [0.1, 0.15) is 27.7 Å². The monoisotopic (exact) mass is 233 g/mol. The van der Waals surface area contributed by atoms with Crippen molar-refractivity contribution in [1.29, 1.82) is 0 Å². The molecule has 0 saturated carbocycles. The maximum atomic E-state index is 5.65. The molecule has 1 unspecified atom stereocenters. The molecule has 4 heteroatoms. The minimum atomic E-state index is -0.0209. The SMILES string of the molecule is Cc1cccnc1C(NN)c1ccsc1C. The van der Waals surface area contributed by atoms with E-state index in [0.717, 1.165) is 11.3 Å². The summed E-state index contributed by atoms with van der Waals surface area (Å²) in [6.07, 6.45) is 1.80. The molecule has 0 bridgehead atoms. The molecular formula is C12H15N3S. The molecule has 0 amide bonds. The van der Waals surface area contributed by atoms with Gasteiger partial charge in [0.1, 0.15) is 0 Å². The third-order valence-corrected chi connectivity index (χ3v) is 3.56. The van der Waals surface area contributed by atoms with Gasteiger partial charge in [-0.15, -0.1) is 11.3 Å². The first-order valence-electron chi connectivity index (χ1n) is 5.15. The summed E-state index contributed by atoms with van der Waals surface area (Å²) in [5.41, 5.74) is 6.19. The molecule has 3 N–H and O–H groups in total. The lowest BCUT2D eigenvalue weighted by Crippen LogP contribution is -2.30. The molecule has 0 aromatic carbocycles. The Hall–Kier alpha value is -1.23. The molecule has 0 saturated heterocycles. The number of hydrogen-bond donors (Lipinski definition) is 2. The van der Waals surface area contributed by atoms with Crippen LogP contribution in [-0.4, -0.2) is 4.98 Å². The first kappa shape index (κ1) is 11.3. The number of aryl methyl sites for hydroxylation is 2. The Bertz CT molecular complexity index is 479. The number of thiophene rings is 1. The standard InChI is InChI=1S/C12H15N3S/c1-8-4-3-6-14-11(8)12(15-13)10-5-7-16-9(10)2/h3-7,12,15H,13H2,1-2H3. The van der Waals surface area contributed by atoms with Gasteiger partial charge in [0, 0.05) is 11.1 Å². The summed E-state index contributed by atoms with van der Waals surface area (Å²) < 4.78 is 0. The van der Waals surface area contributed by atoms with Gasteiger partial charge in [-0.2, -0.15) is 0 Å². The van der Waals surface area contributed by atoms with Gasteiger partial charge in [0.25, 0.3) is 0 Å². The Morgan fingerprint density at radius 3 is 2.75 bits per heavy atom. The molecule has 2 aromatic rings. The van der Waals surface area contributed by atoms with E-state index < -0.39 is 0 Å². The van der Waals surface area contributed by atoms with E-state index in [1.165, 1.54) is 10.4 Å². The van der Waals surface area contributed by atoms with Gasteiger partial charge in [0.2, 0.25) is 0 Å². The lowest BCUT2D eigenvalue weighted by atomic mass is 10.0. The van der Waals surface area contributed by atoms with Crippen LogP contribution in [0, 0.1) is 13.8 Å². The number of nitrogens with two attached hydrogens (primary N) is 1. The Morgan fingerprint density at radius 1 is 1.38 bits per heavy atom. The normalized spacial score (nSPS) is 12.7. The molecule has 3 nitrogen and oxygen atoms in total. The highest BCUT2D eigenvalue weighted by Crippen LogP contribution is 2.27. The largest absolute Gasteiger partial charge is 0.271 e. The molecule has 0 aliphatic heterocycles. The highest BCUT2D eigenvalue weighted by atomic mass is 32.1. The molecular weight excluding hydrogens is 218 g/mol. The fourth-order valence-corrected chi connectivity index (χ4v) is 2.55. The zero-order valence-corrected chi connectivity index (χ0v) is 10.2. The molecule has 84 valence electrons. The fraction of sp³-hybridized carbons (Fsp3) is 0.250. The van der Waals surface area contributed by atoms with Gasteiger partial charge in [0.05, 0.1) is 11.7 Å². The lowest BCUT2D eigenvalue weighted by Gasteiger charge is -2.17. The van der Waals surface area contributed by atoms with Gasteiger partial charge in [-0.05, 0) is 42.5 Å². The minimum Gasteiger partial charge on any atom is -0.271 e. The van der Waals surface area contributed by atoms with Crippen molar-refractivity contribution < 1.29 is 0 Å². The summed E-state index contributed by atoms with van der Waals surface area (Å²) in [5.74, 6) is 5.65. The van der Waals surface area contributed by atoms with E-state index >= 15 is 0 Å². The minimum absolute atomic E-state index is 0.0209. The van der Waals surface area contributed by atoms with Crippen LogP contribution in [0.25, 0.3) is 0 Å². The van der Waals surface area contributed by atoms with Crippen molar-refractivity contribution in [3.63, 3.8) is 0 Å². The summed E-state index contributed by atoms with van der Waals surface area (Å²) in [5, 5.41) is 2.08. The van der Waals surface area contributed by atoms with Gasteiger partial charge >= 0.3 is 0 Å². The van der Waals surface area contributed by atoms with Crippen molar-refractivity contribution in [3.8, 4) is 0 Å². The van der Waals surface area contributed by atoms with Gasteiger partial charge < -0.3 is 0 Å². The van der Waals surface area contributed by atoms with Crippen LogP contribution in [-0.2, 0) is 0 Å². The summed E-state index contributed by atoms with van der Waals surface area (Å²) in [6, 6.07) is 6.06. The van der Waals surface area contributed by atoms with E-state index in [9.17, 15) is 0 Å². The van der Waals surface area contributed by atoms with Crippen molar-refractivity contribution in [2.75, 3.05) is 0 Å². The molecule has 0 fully saturated rings. The van der Waals surface area contributed by atoms with Gasteiger partial charge in [-0.1, -0.05) is 6.07 Å². The van der Waals surface area contributed by atoms with E-state index in [0.29, 0.717) is 0 Å². The van der Waals surface area contributed by atoms with Crippen LogP contribution in [0.2, 0.25) is 0 Å². The topological polar surface area (TPSA) is 50.9 Å². The maximum Gasteiger partial charge on any atom is 0.0894 e. The zero-order chi connectivity index (χ0) is 11.5. The predicted octanol–water partition coefficient (Wildman–Crippen LogP) is 2.31. The van der Waals surface area contributed by atoms with E-state index in [4.69, 9.17) is 5.84 Å². The Labute approximate surface area is 99.3 Å². The first-order chi connectivity index (χ1) is 7.74. The van der Waals surface area contributed by atoms with Crippen LogP contribution >= 0.6 is 11.3 Å². The highest BCUT2D eigenvalue weighted by Gasteiger charge is 2.18. The summed E-state index contributed by atoms with van der Waals surface area (Å²) in [7, 11) is 0. The Morgan fingerprint density at radius 2 is 2.19 bits per heavy atom. The smallest absolute Gasteiger partial charge is 0.0894 e. The quantitative estimate of drug-likeness (QED) is 0.632. The number of aromatic nitrogens is 1. The number of hydrazine groups is 1. The van der Waals surface area contributed by atoms with E-state index in [-0.39, 0.29) is 6.04 Å². The third-order valence-electron chi connectivity index (χ3n) is 2.70. The predicted molar refractivity (Wildman–Crippen MR) is 67.2 cm³/mol. The molecule has 0 aliphatic rings. The van der Waals surface area contributed by atoms with Crippen molar-refractivity contribution in [1.82, 2.24) is 10.4 Å². The van der Waals surface area contributed by atoms with Crippen LogP contribution in [0.15, 0.2) is 29.8 Å². The van der Waals surface area contributed by atoms with Gasteiger partial charge in [-0.25, -0.2) is 5.43 Å². The van der Waals surface area contributed by atoms with E-state index in [2.05, 4.69) is 28.8 Å². The average Bonchev–Trinajstić information content (AvgIpc) is 2.69. The number of rotatable bonds is 3. The van der Waals surface area contributed by atoms with E-state index in [1.807, 2.05) is 19.1 Å². The van der Waals surface area contributed by atoms with Gasteiger partial charge in [-0.3, -0.25) is 10.8 Å². The molecule has 0 radical (unpaired) electrons. The number of nitrogens with one attached hydrogen (secondary N) is 1. The molecule has 0 aliphatic carbocycles. The van der Waals surface area contributed by atoms with Crippen molar-refractivity contribution >= 4 is 11.3 Å². The fourth-order valence-electron chi connectivity index (χ4n) is 1.81. The summed E-state index contributed by atoms with van der Waals surface area (Å²) >= 11 is 1.73. The van der Waals surface area contributed by atoms with Gasteiger partial charge in [0.15, 0.2) is 0 Å². The number of pyridine rings is 1. The molecule has 1 atom stereocenters. The Kier molecular flexibility index (Phi) is 3.33. The molecule has 0 spiro atoms. The molecule has 2 rings (SSSR count). The second kappa shape index (κ2) is 4.74. The lowest BCUT2D eigenvalue weighted by molar-refractivity contribution is 0.616. The van der Waals surface area contributed by atoms with E-state index in [1.54, 1.807) is 17.5 Å². The van der Waals surface area contributed by atoms with Crippen molar-refractivity contribution in [2.45, 2.75) is 19.9 Å². The van der Waals surface area contributed by atoms with Crippen LogP contribution in [0.5, 0.6) is 0 Å². The zero-order valence-electron chi connectivity index (χ0n) is 9.40. The second-order valence-corrected chi connectivity index (χ2v) is 4.86. The first-order valence-corrected chi connectivity index (χ1v) is 6.03. The highest BCUT2D eigenvalue weighted by molar-refractivity contribution is 7.10. The molecule has 16 heavy (non-hydrogen) atoms. The second-order valence-electron chi connectivity index (χ2n) is 3.74. The van der Waals surface area contributed by atoms with Crippen molar-refractivity contribution in [2.24, 2.45) is 5.84 Å². The number of hydrogen-bond acceptors (Lipinski definition) is 4. The van der Waals surface area contributed by atoms with Crippen LogP contribution in [0.3, 0.4) is 0 Å². The van der Waals surface area contributed by atoms with Crippen molar-refractivity contribution in [3.05, 3.63) is 51.5 Å². The molecule has 2 aromatic heterocycles. The van der Waals surface area contributed by atoms with Crippen LogP contribution < -0.4 is 11.3 Å². The summed E-state index contributed by atoms with van der Waals surface area (Å²) in [6.45, 7) is 4.15. The Balaban J connectivity index is 2.45. The maximum absolute atomic E-state index is 5.65. The average molecular weight is 233 g/mol. The summed E-state index contributed by atoms with van der Waals surface area (Å²) in [4.78, 5) is 5.68.